The summed E-state index contributed by atoms with van der Waals surface area (Å²) in [6.45, 7) is 4.31. The van der Waals surface area contributed by atoms with Crippen LogP contribution in [-0.2, 0) is 27.9 Å². The van der Waals surface area contributed by atoms with Gasteiger partial charge in [0.15, 0.2) is 6.10 Å². The standard InChI is InChI=1S/C50H100NO7P/c1-3-5-7-9-11-13-15-17-19-21-23-24-25-26-27-29-31-33-35-37-39-41-43-50(52)58-49(48-57-59(53,54)56-46-44-51)47-55-45-42-40-38-36-34-32-30-28-22-20-18-16-14-12-10-8-6-4-2/h42,45,49H,3-41,43-44,46-48,51H2,1-2H3,(H,53,54)/b45-42+/t49-/m1/s1. The summed E-state index contributed by atoms with van der Waals surface area (Å²) in [6, 6.07) is 0. The van der Waals surface area contributed by atoms with Gasteiger partial charge in [0.25, 0.3) is 0 Å². The van der Waals surface area contributed by atoms with E-state index in [1.165, 1.54) is 218 Å². The highest BCUT2D eigenvalue weighted by Gasteiger charge is 2.25. The molecule has 352 valence electrons. The molecule has 0 saturated heterocycles. The van der Waals surface area contributed by atoms with Crippen molar-refractivity contribution in [1.29, 1.82) is 0 Å². The van der Waals surface area contributed by atoms with Crippen molar-refractivity contribution in [3.05, 3.63) is 12.3 Å². The second-order valence-electron chi connectivity index (χ2n) is 17.5. The molecule has 8 nitrogen and oxygen atoms in total. The van der Waals surface area contributed by atoms with Crippen molar-refractivity contribution < 1.29 is 32.8 Å². The maximum Gasteiger partial charge on any atom is 0.472 e. The second kappa shape index (κ2) is 48.1. The average molecular weight is 858 g/mol. The minimum atomic E-state index is -4.29. The topological polar surface area (TPSA) is 117 Å². The second-order valence-corrected chi connectivity index (χ2v) is 18.9. The Bertz CT molecular complexity index is 920. The molecule has 0 fully saturated rings. The molecule has 3 N–H and O–H groups in total. The van der Waals surface area contributed by atoms with Gasteiger partial charge in [-0.15, -0.1) is 0 Å². The fraction of sp³-hybridized carbons (Fsp3) is 0.940. The van der Waals surface area contributed by atoms with E-state index in [0.29, 0.717) is 6.42 Å². The summed E-state index contributed by atoms with van der Waals surface area (Å²) in [5.41, 5.74) is 5.38. The van der Waals surface area contributed by atoms with E-state index in [2.05, 4.69) is 13.8 Å². The molecule has 0 aromatic rings. The third-order valence-corrected chi connectivity index (χ3v) is 12.5. The highest BCUT2D eigenvalue weighted by Crippen LogP contribution is 2.43. The third kappa shape index (κ3) is 48.0. The summed E-state index contributed by atoms with van der Waals surface area (Å²) in [5.74, 6) is -0.344. The zero-order chi connectivity index (χ0) is 43.0. The summed E-state index contributed by atoms with van der Waals surface area (Å²) < 4.78 is 33.3. The quantitative estimate of drug-likeness (QED) is 0.0269. The lowest BCUT2D eigenvalue weighted by Crippen LogP contribution is -2.27. The van der Waals surface area contributed by atoms with Gasteiger partial charge in [0.05, 0.1) is 19.5 Å². The van der Waals surface area contributed by atoms with Gasteiger partial charge < -0.3 is 20.1 Å². The van der Waals surface area contributed by atoms with Gasteiger partial charge in [0.2, 0.25) is 0 Å². The van der Waals surface area contributed by atoms with Gasteiger partial charge in [0, 0.05) is 13.0 Å². The van der Waals surface area contributed by atoms with E-state index in [-0.39, 0.29) is 32.3 Å². The zero-order valence-corrected chi connectivity index (χ0v) is 40.2. The van der Waals surface area contributed by atoms with Gasteiger partial charge >= 0.3 is 13.8 Å². The number of phosphoric acid groups is 1. The predicted octanol–water partition coefficient (Wildman–Crippen LogP) is 16.2. The molecule has 9 heteroatoms. The molecular weight excluding hydrogens is 758 g/mol. The summed E-state index contributed by atoms with van der Waals surface area (Å²) in [5, 5.41) is 0. The van der Waals surface area contributed by atoms with Crippen LogP contribution in [0.4, 0.5) is 0 Å². The molecule has 0 heterocycles. The highest BCUT2D eigenvalue weighted by atomic mass is 31.2. The lowest BCUT2D eigenvalue weighted by atomic mass is 10.0. The van der Waals surface area contributed by atoms with Crippen LogP contribution in [0.1, 0.15) is 271 Å². The number of nitrogens with two attached hydrogens (primary N) is 1. The summed E-state index contributed by atoms with van der Waals surface area (Å²) in [6.07, 6.45) is 54.9. The normalized spacial score (nSPS) is 13.3. The van der Waals surface area contributed by atoms with Crippen molar-refractivity contribution >= 4 is 13.8 Å². The lowest BCUT2D eigenvalue weighted by Gasteiger charge is -2.19. The van der Waals surface area contributed by atoms with Gasteiger partial charge in [0.1, 0.15) is 6.61 Å². The summed E-state index contributed by atoms with van der Waals surface area (Å²) in [7, 11) is -4.29. The number of ether oxygens (including phenoxy) is 2. The predicted molar refractivity (Wildman–Crippen MR) is 252 cm³/mol. The molecule has 0 aliphatic rings. The van der Waals surface area contributed by atoms with E-state index in [1.54, 1.807) is 6.26 Å². The number of rotatable bonds is 50. The van der Waals surface area contributed by atoms with Crippen LogP contribution in [0.25, 0.3) is 0 Å². The molecule has 0 aromatic carbocycles. The van der Waals surface area contributed by atoms with Crippen molar-refractivity contribution in [3.8, 4) is 0 Å². The van der Waals surface area contributed by atoms with E-state index in [1.807, 2.05) is 6.08 Å². The molecule has 0 rings (SSSR count). The van der Waals surface area contributed by atoms with Crippen LogP contribution in [0.5, 0.6) is 0 Å². The average Bonchev–Trinajstić information content (AvgIpc) is 3.23. The molecule has 0 bridgehead atoms. The Morgan fingerprint density at radius 1 is 0.508 bits per heavy atom. The van der Waals surface area contributed by atoms with E-state index >= 15 is 0 Å². The minimum absolute atomic E-state index is 0.0391. The van der Waals surface area contributed by atoms with Crippen LogP contribution in [0.3, 0.4) is 0 Å². The zero-order valence-electron chi connectivity index (χ0n) is 39.3. The van der Waals surface area contributed by atoms with Crippen molar-refractivity contribution in [2.45, 2.75) is 277 Å². The Morgan fingerprint density at radius 3 is 1.20 bits per heavy atom. The Morgan fingerprint density at radius 2 is 0.847 bits per heavy atom. The Kier molecular flexibility index (Phi) is 47.4. The monoisotopic (exact) mass is 858 g/mol. The molecule has 59 heavy (non-hydrogen) atoms. The third-order valence-electron chi connectivity index (χ3n) is 11.5. The van der Waals surface area contributed by atoms with Crippen molar-refractivity contribution in [2.24, 2.45) is 5.73 Å². The molecule has 0 saturated carbocycles. The number of esters is 1. The first-order chi connectivity index (χ1) is 28.9. The minimum Gasteiger partial charge on any atom is -0.498 e. The van der Waals surface area contributed by atoms with Crippen LogP contribution in [-0.4, -0.2) is 43.3 Å². The van der Waals surface area contributed by atoms with E-state index in [0.717, 1.165) is 32.1 Å². The first-order valence-electron chi connectivity index (χ1n) is 25.7. The Balaban J connectivity index is 3.92. The number of hydrogen-bond acceptors (Lipinski definition) is 7. The Labute approximate surface area is 366 Å². The fourth-order valence-corrected chi connectivity index (χ4v) is 8.50. The van der Waals surface area contributed by atoms with Gasteiger partial charge in [-0.2, -0.15) is 0 Å². The lowest BCUT2D eigenvalue weighted by molar-refractivity contribution is -0.153. The number of phosphoric ester groups is 1. The van der Waals surface area contributed by atoms with Crippen molar-refractivity contribution in [2.75, 3.05) is 26.4 Å². The molecule has 0 radical (unpaired) electrons. The number of unbranched alkanes of at least 4 members (excludes halogenated alkanes) is 37. The molecule has 0 amide bonds. The Hall–Kier alpha value is -0.920. The van der Waals surface area contributed by atoms with Gasteiger partial charge in [-0.25, -0.2) is 4.57 Å². The highest BCUT2D eigenvalue weighted by molar-refractivity contribution is 7.47. The van der Waals surface area contributed by atoms with E-state index in [4.69, 9.17) is 24.3 Å². The maximum absolute atomic E-state index is 12.6. The fourth-order valence-electron chi connectivity index (χ4n) is 7.73. The molecule has 0 aliphatic heterocycles. The molecule has 0 aliphatic carbocycles. The number of carbonyl (C=O) groups excluding carboxylic acids is 1. The van der Waals surface area contributed by atoms with E-state index in [9.17, 15) is 14.3 Å². The van der Waals surface area contributed by atoms with Crippen molar-refractivity contribution in [1.82, 2.24) is 0 Å². The number of hydrogen-bond donors (Lipinski definition) is 2. The van der Waals surface area contributed by atoms with Gasteiger partial charge in [-0.1, -0.05) is 245 Å². The van der Waals surface area contributed by atoms with Crippen molar-refractivity contribution in [3.63, 3.8) is 0 Å². The maximum atomic E-state index is 12.6. The van der Waals surface area contributed by atoms with Crippen LogP contribution < -0.4 is 5.73 Å². The molecule has 1 unspecified atom stereocenters. The molecule has 0 spiro atoms. The van der Waals surface area contributed by atoms with Crippen LogP contribution >= 0.6 is 7.82 Å². The summed E-state index contributed by atoms with van der Waals surface area (Å²) in [4.78, 5) is 22.6. The summed E-state index contributed by atoms with van der Waals surface area (Å²) >= 11 is 0. The van der Waals surface area contributed by atoms with Gasteiger partial charge in [-0.05, 0) is 25.3 Å². The molecule has 2 atom stereocenters. The first kappa shape index (κ1) is 58.1. The van der Waals surface area contributed by atoms with Crippen LogP contribution in [0.15, 0.2) is 12.3 Å². The van der Waals surface area contributed by atoms with Crippen LogP contribution in [0, 0.1) is 0 Å². The van der Waals surface area contributed by atoms with E-state index < -0.39 is 13.9 Å². The SMILES string of the molecule is CCCCCCCCCCCCCCCCCC/C=C/OC[C@H](COP(=O)(O)OCCN)OC(=O)CCCCCCCCCCCCCCCCCCCCCCCC. The molecule has 0 aromatic heterocycles. The van der Waals surface area contributed by atoms with Crippen LogP contribution in [0.2, 0.25) is 0 Å². The smallest absolute Gasteiger partial charge is 0.472 e. The molecular formula is C50H100NO7P. The number of carbonyl (C=O) groups is 1. The largest absolute Gasteiger partial charge is 0.498 e. The van der Waals surface area contributed by atoms with Gasteiger partial charge in [-0.3, -0.25) is 13.8 Å². The number of allylic oxidation sites excluding steroid dienone is 1. The first-order valence-corrected chi connectivity index (χ1v) is 27.2.